The number of thiocarbonyl (C=S) groups is 1. The van der Waals surface area contributed by atoms with Crippen molar-refractivity contribution in [1.29, 1.82) is 0 Å². The van der Waals surface area contributed by atoms with Crippen LogP contribution in [0.3, 0.4) is 0 Å². The third kappa shape index (κ3) is 5.02. The van der Waals surface area contributed by atoms with Crippen LogP contribution in [0.2, 0.25) is 5.02 Å². The van der Waals surface area contributed by atoms with Gasteiger partial charge in [-0.25, -0.2) is 0 Å². The zero-order valence-electron chi connectivity index (χ0n) is 10.3. The molecule has 0 spiro atoms. The summed E-state index contributed by atoms with van der Waals surface area (Å²) < 4.78 is 0. The van der Waals surface area contributed by atoms with Gasteiger partial charge >= 0.3 is 0 Å². The van der Waals surface area contributed by atoms with Crippen molar-refractivity contribution in [3.63, 3.8) is 0 Å². The van der Waals surface area contributed by atoms with E-state index in [1.165, 1.54) is 0 Å². The van der Waals surface area contributed by atoms with E-state index in [1.54, 1.807) is 0 Å². The highest BCUT2D eigenvalue weighted by molar-refractivity contribution is 7.80. The molecule has 17 heavy (non-hydrogen) atoms. The molecular formula is C13H19ClN2S. The molecule has 0 saturated heterocycles. The van der Waals surface area contributed by atoms with Crippen molar-refractivity contribution in [2.24, 2.45) is 5.73 Å². The Morgan fingerprint density at radius 3 is 2.59 bits per heavy atom. The van der Waals surface area contributed by atoms with Crippen molar-refractivity contribution < 1.29 is 0 Å². The molecule has 0 radical (unpaired) electrons. The molecule has 0 aliphatic heterocycles. The van der Waals surface area contributed by atoms with Crippen LogP contribution in [0.5, 0.6) is 0 Å². The van der Waals surface area contributed by atoms with Gasteiger partial charge in [-0.3, -0.25) is 4.90 Å². The second kappa shape index (κ2) is 6.94. The van der Waals surface area contributed by atoms with Crippen LogP contribution < -0.4 is 5.73 Å². The molecular weight excluding hydrogens is 252 g/mol. The molecule has 1 aromatic carbocycles. The lowest BCUT2D eigenvalue weighted by Gasteiger charge is -2.26. The van der Waals surface area contributed by atoms with Gasteiger partial charge in [0.25, 0.3) is 0 Å². The predicted molar refractivity (Wildman–Crippen MR) is 78.4 cm³/mol. The molecule has 0 aliphatic carbocycles. The molecule has 0 aromatic heterocycles. The normalized spacial score (nSPS) is 11.1. The van der Waals surface area contributed by atoms with Gasteiger partial charge in [0.05, 0.1) is 4.99 Å². The number of nitrogens with zero attached hydrogens (tertiary/aromatic N) is 1. The second-order valence-corrected chi connectivity index (χ2v) is 5.30. The molecule has 0 amide bonds. The van der Waals surface area contributed by atoms with E-state index in [9.17, 15) is 0 Å². The molecule has 0 bridgehead atoms. The minimum absolute atomic E-state index is 0.445. The van der Waals surface area contributed by atoms with Crippen molar-refractivity contribution in [3.05, 3.63) is 34.9 Å². The van der Waals surface area contributed by atoms with Crippen molar-refractivity contribution in [2.75, 3.05) is 6.54 Å². The number of hydrogen-bond donors (Lipinski definition) is 1. The summed E-state index contributed by atoms with van der Waals surface area (Å²) in [7, 11) is 0. The number of rotatable bonds is 6. The Balaban J connectivity index is 2.67. The van der Waals surface area contributed by atoms with Gasteiger partial charge in [-0.2, -0.15) is 0 Å². The monoisotopic (exact) mass is 270 g/mol. The average molecular weight is 271 g/mol. The third-order valence-corrected chi connectivity index (χ3v) is 3.28. The van der Waals surface area contributed by atoms with E-state index < -0.39 is 0 Å². The molecule has 0 heterocycles. The number of hydrogen-bond acceptors (Lipinski definition) is 2. The maximum Gasteiger partial charge on any atom is 0.0740 e. The van der Waals surface area contributed by atoms with Crippen molar-refractivity contribution in [1.82, 2.24) is 4.90 Å². The minimum Gasteiger partial charge on any atom is -0.393 e. The molecule has 0 atom stereocenters. The van der Waals surface area contributed by atoms with Crippen LogP contribution in [0.4, 0.5) is 0 Å². The molecule has 0 aliphatic rings. The molecule has 2 N–H and O–H groups in total. The zero-order valence-corrected chi connectivity index (χ0v) is 11.9. The van der Waals surface area contributed by atoms with E-state index in [0.717, 1.165) is 30.1 Å². The lowest BCUT2D eigenvalue weighted by molar-refractivity contribution is 0.219. The first-order valence-electron chi connectivity index (χ1n) is 5.76. The average Bonchev–Trinajstić information content (AvgIpc) is 2.25. The Labute approximate surface area is 114 Å². The topological polar surface area (TPSA) is 29.3 Å². The summed E-state index contributed by atoms with van der Waals surface area (Å²) in [4.78, 5) is 2.88. The second-order valence-electron chi connectivity index (χ2n) is 4.37. The van der Waals surface area contributed by atoms with Gasteiger partial charge in [0.2, 0.25) is 0 Å². The number of halogens is 1. The lowest BCUT2D eigenvalue weighted by Crippen LogP contribution is -2.33. The third-order valence-electron chi connectivity index (χ3n) is 2.71. The zero-order chi connectivity index (χ0) is 12.8. The fourth-order valence-corrected chi connectivity index (χ4v) is 1.91. The SMILES string of the molecule is CC(C)N(CCC(N)=S)Cc1ccccc1Cl. The van der Waals surface area contributed by atoms with E-state index in [4.69, 9.17) is 29.6 Å². The van der Waals surface area contributed by atoms with Gasteiger partial charge in [0.1, 0.15) is 0 Å². The summed E-state index contributed by atoms with van der Waals surface area (Å²) in [5.41, 5.74) is 6.69. The summed E-state index contributed by atoms with van der Waals surface area (Å²) in [5.74, 6) is 0. The van der Waals surface area contributed by atoms with E-state index in [1.807, 2.05) is 18.2 Å². The molecule has 0 unspecified atom stereocenters. The van der Waals surface area contributed by atoms with Crippen molar-refractivity contribution >= 4 is 28.8 Å². The Morgan fingerprint density at radius 2 is 2.06 bits per heavy atom. The molecule has 0 saturated carbocycles. The fraction of sp³-hybridized carbons (Fsp3) is 0.462. The van der Waals surface area contributed by atoms with Gasteiger partial charge in [0, 0.05) is 30.6 Å². The van der Waals surface area contributed by atoms with Crippen LogP contribution in [0, 0.1) is 0 Å². The predicted octanol–water partition coefficient (Wildman–Crippen LogP) is 3.23. The van der Waals surface area contributed by atoms with Crippen LogP contribution in [-0.2, 0) is 6.54 Å². The Bertz CT molecular complexity index is 379. The first-order chi connectivity index (χ1) is 8.00. The van der Waals surface area contributed by atoms with Crippen molar-refractivity contribution in [3.8, 4) is 0 Å². The summed E-state index contributed by atoms with van der Waals surface area (Å²) in [6, 6.07) is 8.37. The molecule has 4 heteroatoms. The number of nitrogens with two attached hydrogens (primary N) is 1. The highest BCUT2D eigenvalue weighted by atomic mass is 35.5. The smallest absolute Gasteiger partial charge is 0.0740 e. The van der Waals surface area contributed by atoms with Gasteiger partial charge in [-0.1, -0.05) is 42.0 Å². The Morgan fingerprint density at radius 1 is 1.41 bits per heavy atom. The van der Waals surface area contributed by atoms with Crippen LogP contribution in [-0.4, -0.2) is 22.5 Å². The summed E-state index contributed by atoms with van der Waals surface area (Å²) in [6.45, 7) is 6.03. The van der Waals surface area contributed by atoms with E-state index >= 15 is 0 Å². The highest BCUT2D eigenvalue weighted by Gasteiger charge is 2.11. The lowest BCUT2D eigenvalue weighted by atomic mass is 10.2. The maximum atomic E-state index is 6.16. The largest absolute Gasteiger partial charge is 0.393 e. The minimum atomic E-state index is 0.445. The standard InChI is InChI=1S/C13H19ClN2S/c1-10(2)16(8-7-13(15)17)9-11-5-3-4-6-12(11)14/h3-6,10H,7-9H2,1-2H3,(H2,15,17). The summed E-state index contributed by atoms with van der Waals surface area (Å²) in [6.07, 6.45) is 0.748. The van der Waals surface area contributed by atoms with Gasteiger partial charge in [-0.05, 0) is 25.5 Å². The Kier molecular flexibility index (Phi) is 5.89. The molecule has 1 rings (SSSR count). The van der Waals surface area contributed by atoms with Crippen LogP contribution in [0.1, 0.15) is 25.8 Å². The van der Waals surface area contributed by atoms with Crippen LogP contribution in [0.25, 0.3) is 0 Å². The molecule has 94 valence electrons. The van der Waals surface area contributed by atoms with Gasteiger partial charge in [-0.15, -0.1) is 0 Å². The summed E-state index contributed by atoms with van der Waals surface area (Å²) in [5, 5.41) is 0.813. The molecule has 0 fully saturated rings. The maximum absolute atomic E-state index is 6.16. The van der Waals surface area contributed by atoms with Crippen LogP contribution in [0.15, 0.2) is 24.3 Å². The van der Waals surface area contributed by atoms with Crippen LogP contribution >= 0.6 is 23.8 Å². The first kappa shape index (κ1) is 14.4. The molecule has 2 nitrogen and oxygen atoms in total. The van der Waals surface area contributed by atoms with Gasteiger partial charge in [0.15, 0.2) is 0 Å². The Hall–Kier alpha value is -0.640. The molecule has 1 aromatic rings. The highest BCUT2D eigenvalue weighted by Crippen LogP contribution is 2.18. The summed E-state index contributed by atoms with van der Waals surface area (Å²) >= 11 is 11.1. The number of benzene rings is 1. The van der Waals surface area contributed by atoms with E-state index in [0.29, 0.717) is 11.0 Å². The van der Waals surface area contributed by atoms with Gasteiger partial charge < -0.3 is 5.73 Å². The first-order valence-corrected chi connectivity index (χ1v) is 6.55. The van der Waals surface area contributed by atoms with Crippen molar-refractivity contribution in [2.45, 2.75) is 32.9 Å². The fourth-order valence-electron chi connectivity index (χ4n) is 1.62. The quantitative estimate of drug-likeness (QED) is 0.805. The van der Waals surface area contributed by atoms with E-state index in [-0.39, 0.29) is 0 Å². The van der Waals surface area contributed by atoms with E-state index in [2.05, 4.69) is 24.8 Å².